The van der Waals surface area contributed by atoms with Crippen LogP contribution >= 0.6 is 0 Å². The van der Waals surface area contributed by atoms with Gasteiger partial charge in [0.15, 0.2) is 0 Å². The van der Waals surface area contributed by atoms with Crippen LogP contribution in [-0.2, 0) is 0 Å². The molecule has 1 aromatic heterocycles. The molecular formula is C16H11BO3. The van der Waals surface area contributed by atoms with Gasteiger partial charge in [0, 0.05) is 21.6 Å². The zero-order valence-corrected chi connectivity index (χ0v) is 10.6. The Morgan fingerprint density at radius 2 is 1.45 bits per heavy atom. The highest BCUT2D eigenvalue weighted by Crippen LogP contribution is 2.33. The van der Waals surface area contributed by atoms with Crippen molar-refractivity contribution in [1.82, 2.24) is 0 Å². The minimum absolute atomic E-state index is 0.391. The third-order valence-corrected chi connectivity index (χ3v) is 3.70. The van der Waals surface area contributed by atoms with Gasteiger partial charge in [-0.3, -0.25) is 0 Å². The normalized spacial score (nSPS) is 11.5. The summed E-state index contributed by atoms with van der Waals surface area (Å²) in [7, 11) is -1.54. The largest absolute Gasteiger partial charge is 0.492 e. The first-order chi connectivity index (χ1) is 9.75. The fourth-order valence-corrected chi connectivity index (χ4v) is 2.75. The summed E-state index contributed by atoms with van der Waals surface area (Å²) in [6, 6.07) is 17.5. The molecule has 4 rings (SSSR count). The van der Waals surface area contributed by atoms with Crippen LogP contribution in [0.1, 0.15) is 0 Å². The molecule has 0 aliphatic carbocycles. The molecule has 4 aromatic rings. The molecule has 0 aliphatic heterocycles. The fraction of sp³-hybridized carbons (Fsp3) is 0. The number of para-hydroxylation sites is 1. The molecule has 0 fully saturated rings. The van der Waals surface area contributed by atoms with E-state index in [1.807, 2.05) is 36.4 Å². The van der Waals surface area contributed by atoms with E-state index in [0.717, 1.165) is 27.1 Å². The Balaban J connectivity index is 2.24. The molecule has 0 bridgehead atoms. The quantitative estimate of drug-likeness (QED) is 0.518. The predicted octanol–water partition coefficient (Wildman–Crippen LogP) is 2.42. The van der Waals surface area contributed by atoms with Crippen molar-refractivity contribution in [2.24, 2.45) is 0 Å². The van der Waals surface area contributed by atoms with Crippen molar-refractivity contribution in [3.63, 3.8) is 0 Å². The highest BCUT2D eigenvalue weighted by Gasteiger charge is 2.19. The smallest absolute Gasteiger partial charge is 0.456 e. The summed E-state index contributed by atoms with van der Waals surface area (Å²) < 4.78 is 5.94. The second kappa shape index (κ2) is 4.10. The standard InChI is InChI=1S/C16H11BO3/c18-17(19)14-7-3-6-12-13-9-8-10-4-1-2-5-11(10)15(13)20-16(12)14/h1-9,18-19H. The highest BCUT2D eigenvalue weighted by atomic mass is 16.4. The molecule has 0 radical (unpaired) electrons. The SMILES string of the molecule is OB(O)c1cccc2c1oc1c3ccccc3ccc21. The summed E-state index contributed by atoms with van der Waals surface area (Å²) >= 11 is 0. The van der Waals surface area contributed by atoms with Crippen molar-refractivity contribution in [2.75, 3.05) is 0 Å². The molecule has 0 atom stereocenters. The number of rotatable bonds is 1. The number of hydrogen-bond donors (Lipinski definition) is 2. The van der Waals surface area contributed by atoms with E-state index >= 15 is 0 Å². The number of furan rings is 1. The first-order valence-corrected chi connectivity index (χ1v) is 6.45. The van der Waals surface area contributed by atoms with Crippen LogP contribution in [0.25, 0.3) is 32.7 Å². The Morgan fingerprint density at radius 1 is 0.700 bits per heavy atom. The molecule has 0 spiro atoms. The average molecular weight is 262 g/mol. The van der Waals surface area contributed by atoms with Crippen molar-refractivity contribution in [1.29, 1.82) is 0 Å². The van der Waals surface area contributed by atoms with Gasteiger partial charge in [-0.2, -0.15) is 0 Å². The minimum atomic E-state index is -1.54. The van der Waals surface area contributed by atoms with E-state index < -0.39 is 7.12 Å². The van der Waals surface area contributed by atoms with E-state index in [9.17, 15) is 10.0 Å². The lowest BCUT2D eigenvalue weighted by Gasteiger charge is -1.98. The number of benzene rings is 3. The van der Waals surface area contributed by atoms with Crippen molar-refractivity contribution in [3.05, 3.63) is 54.6 Å². The maximum Gasteiger partial charge on any atom is 0.492 e. The Kier molecular flexibility index (Phi) is 2.36. The van der Waals surface area contributed by atoms with Gasteiger partial charge in [0.25, 0.3) is 0 Å². The van der Waals surface area contributed by atoms with Gasteiger partial charge in [-0.15, -0.1) is 0 Å². The molecule has 2 N–H and O–H groups in total. The van der Waals surface area contributed by atoms with Gasteiger partial charge in [0.1, 0.15) is 11.2 Å². The Bertz CT molecular complexity index is 940. The molecule has 0 unspecified atom stereocenters. The first kappa shape index (κ1) is 11.5. The second-order valence-corrected chi connectivity index (χ2v) is 4.86. The van der Waals surface area contributed by atoms with Crippen LogP contribution in [0.15, 0.2) is 59.0 Å². The van der Waals surface area contributed by atoms with Gasteiger partial charge in [-0.25, -0.2) is 0 Å². The van der Waals surface area contributed by atoms with Crippen molar-refractivity contribution >= 4 is 45.3 Å². The molecule has 3 nitrogen and oxygen atoms in total. The van der Waals surface area contributed by atoms with Crippen LogP contribution in [0.2, 0.25) is 0 Å². The van der Waals surface area contributed by atoms with E-state index in [4.69, 9.17) is 4.42 Å². The second-order valence-electron chi connectivity index (χ2n) is 4.86. The van der Waals surface area contributed by atoms with Crippen LogP contribution in [0, 0.1) is 0 Å². The van der Waals surface area contributed by atoms with E-state index in [2.05, 4.69) is 6.07 Å². The summed E-state index contributed by atoms with van der Waals surface area (Å²) in [4.78, 5) is 0. The maximum absolute atomic E-state index is 9.46. The number of fused-ring (bicyclic) bond motifs is 5. The van der Waals surface area contributed by atoms with E-state index in [-0.39, 0.29) is 0 Å². The summed E-state index contributed by atoms with van der Waals surface area (Å²) in [6.45, 7) is 0. The maximum atomic E-state index is 9.46. The van der Waals surface area contributed by atoms with Gasteiger partial charge in [-0.1, -0.05) is 48.5 Å². The van der Waals surface area contributed by atoms with Gasteiger partial charge in [-0.05, 0) is 11.5 Å². The van der Waals surface area contributed by atoms with E-state index in [1.165, 1.54) is 0 Å². The molecule has 1 heterocycles. The molecule has 0 saturated heterocycles. The third-order valence-electron chi connectivity index (χ3n) is 3.70. The lowest BCUT2D eigenvalue weighted by molar-refractivity contribution is 0.425. The Morgan fingerprint density at radius 3 is 2.30 bits per heavy atom. The first-order valence-electron chi connectivity index (χ1n) is 6.45. The number of hydrogen-bond acceptors (Lipinski definition) is 3. The summed E-state index contributed by atoms with van der Waals surface area (Å²) in [6.07, 6.45) is 0. The minimum Gasteiger partial charge on any atom is -0.456 e. The molecular weight excluding hydrogens is 251 g/mol. The lowest BCUT2D eigenvalue weighted by Crippen LogP contribution is -2.29. The van der Waals surface area contributed by atoms with E-state index in [1.54, 1.807) is 12.1 Å². The molecule has 4 heteroatoms. The highest BCUT2D eigenvalue weighted by molar-refractivity contribution is 6.61. The third kappa shape index (κ3) is 1.49. The van der Waals surface area contributed by atoms with Crippen molar-refractivity contribution in [2.45, 2.75) is 0 Å². The molecule has 0 saturated carbocycles. The Hall–Kier alpha value is -2.30. The van der Waals surface area contributed by atoms with E-state index in [0.29, 0.717) is 11.0 Å². The van der Waals surface area contributed by atoms with Crippen LogP contribution in [0.3, 0.4) is 0 Å². The zero-order valence-electron chi connectivity index (χ0n) is 10.6. The molecule has 0 aliphatic rings. The topological polar surface area (TPSA) is 53.6 Å². The lowest BCUT2D eigenvalue weighted by atomic mass is 9.79. The average Bonchev–Trinajstić information content (AvgIpc) is 2.86. The summed E-state index contributed by atoms with van der Waals surface area (Å²) in [5, 5.41) is 22.9. The predicted molar refractivity (Wildman–Crippen MR) is 81.1 cm³/mol. The van der Waals surface area contributed by atoms with Gasteiger partial charge in [0.2, 0.25) is 0 Å². The zero-order chi connectivity index (χ0) is 13.7. The fourth-order valence-electron chi connectivity index (χ4n) is 2.75. The Labute approximate surface area is 115 Å². The molecule has 0 amide bonds. The van der Waals surface area contributed by atoms with Crippen molar-refractivity contribution in [3.8, 4) is 0 Å². The van der Waals surface area contributed by atoms with Crippen LogP contribution in [0.4, 0.5) is 0 Å². The van der Waals surface area contributed by atoms with Crippen LogP contribution < -0.4 is 5.46 Å². The molecule has 96 valence electrons. The van der Waals surface area contributed by atoms with Crippen molar-refractivity contribution < 1.29 is 14.5 Å². The van der Waals surface area contributed by atoms with Crippen LogP contribution in [0.5, 0.6) is 0 Å². The van der Waals surface area contributed by atoms with Crippen LogP contribution in [-0.4, -0.2) is 17.2 Å². The monoisotopic (exact) mass is 262 g/mol. The molecule has 3 aromatic carbocycles. The summed E-state index contributed by atoms with van der Waals surface area (Å²) in [5.74, 6) is 0. The van der Waals surface area contributed by atoms with Gasteiger partial charge in [0.05, 0.1) is 0 Å². The van der Waals surface area contributed by atoms with Gasteiger partial charge < -0.3 is 14.5 Å². The molecule has 20 heavy (non-hydrogen) atoms. The van der Waals surface area contributed by atoms with Gasteiger partial charge >= 0.3 is 7.12 Å². The summed E-state index contributed by atoms with van der Waals surface area (Å²) in [5.41, 5.74) is 1.71.